The van der Waals surface area contributed by atoms with Crippen molar-refractivity contribution in [2.75, 3.05) is 5.32 Å². The van der Waals surface area contributed by atoms with Crippen LogP contribution in [0.4, 0.5) is 5.69 Å². The topological polar surface area (TPSA) is 51.1 Å². The van der Waals surface area contributed by atoms with Crippen molar-refractivity contribution in [1.82, 2.24) is 4.57 Å². The quantitative estimate of drug-likeness (QED) is 0.910. The molecule has 1 aliphatic carbocycles. The second kappa shape index (κ2) is 4.96. The second-order valence-corrected chi connectivity index (χ2v) is 5.05. The molecule has 0 atom stereocenters. The fourth-order valence-electron chi connectivity index (χ4n) is 2.68. The van der Waals surface area contributed by atoms with Crippen LogP contribution < -0.4 is 5.32 Å². The van der Waals surface area contributed by atoms with E-state index in [0.717, 1.165) is 35.5 Å². The van der Waals surface area contributed by atoms with Crippen LogP contribution in [0.25, 0.3) is 5.69 Å². The number of amides is 1. The summed E-state index contributed by atoms with van der Waals surface area (Å²) in [4.78, 5) is 22.8. The number of fused-ring (bicyclic) bond motifs is 1. The molecule has 3 rings (SSSR count). The SMILES string of the molecule is CC(=O)Nc1ccc(-n2ccc3c2CCCC3=O)cc1. The van der Waals surface area contributed by atoms with Gasteiger partial charge in [-0.3, -0.25) is 9.59 Å². The third kappa shape index (κ3) is 2.25. The molecule has 4 heteroatoms. The first kappa shape index (κ1) is 12.7. The normalized spacial score (nSPS) is 13.9. The summed E-state index contributed by atoms with van der Waals surface area (Å²) in [7, 11) is 0. The van der Waals surface area contributed by atoms with Gasteiger partial charge in [-0.15, -0.1) is 0 Å². The molecule has 2 aromatic rings. The van der Waals surface area contributed by atoms with Gasteiger partial charge in [0.1, 0.15) is 0 Å². The zero-order chi connectivity index (χ0) is 14.1. The number of nitrogens with zero attached hydrogens (tertiary/aromatic N) is 1. The van der Waals surface area contributed by atoms with Gasteiger partial charge in [-0.25, -0.2) is 0 Å². The lowest BCUT2D eigenvalue weighted by Gasteiger charge is -2.15. The monoisotopic (exact) mass is 268 g/mol. The molecular formula is C16H16N2O2. The van der Waals surface area contributed by atoms with Gasteiger partial charge >= 0.3 is 0 Å². The number of carbonyl (C=O) groups is 2. The Hall–Kier alpha value is -2.36. The van der Waals surface area contributed by atoms with Gasteiger partial charge < -0.3 is 9.88 Å². The molecule has 0 saturated heterocycles. The van der Waals surface area contributed by atoms with Crippen LogP contribution in [-0.2, 0) is 11.2 Å². The van der Waals surface area contributed by atoms with Gasteiger partial charge in [0.05, 0.1) is 0 Å². The maximum atomic E-state index is 11.8. The average Bonchev–Trinajstić information content (AvgIpc) is 2.84. The van der Waals surface area contributed by atoms with E-state index < -0.39 is 0 Å². The number of benzene rings is 1. The van der Waals surface area contributed by atoms with Crippen molar-refractivity contribution in [3.8, 4) is 5.69 Å². The summed E-state index contributed by atoms with van der Waals surface area (Å²) >= 11 is 0. The lowest BCUT2D eigenvalue weighted by atomic mass is 9.97. The van der Waals surface area contributed by atoms with Crippen molar-refractivity contribution in [3.05, 3.63) is 47.8 Å². The summed E-state index contributed by atoms with van der Waals surface area (Å²) in [5.74, 6) is 0.154. The standard InChI is InChI=1S/C16H16N2O2/c1-11(19)17-12-5-7-13(8-6-12)18-10-9-14-15(18)3-2-4-16(14)20/h5-10H,2-4H2,1H3,(H,17,19). The van der Waals surface area contributed by atoms with E-state index in [2.05, 4.69) is 9.88 Å². The minimum Gasteiger partial charge on any atom is -0.326 e. The van der Waals surface area contributed by atoms with E-state index in [0.29, 0.717) is 6.42 Å². The van der Waals surface area contributed by atoms with Crippen molar-refractivity contribution in [3.63, 3.8) is 0 Å². The molecule has 1 N–H and O–H groups in total. The molecule has 1 amide bonds. The summed E-state index contributed by atoms with van der Waals surface area (Å²) < 4.78 is 2.06. The first-order valence-corrected chi connectivity index (χ1v) is 6.76. The number of anilines is 1. The molecule has 0 saturated carbocycles. The molecule has 0 radical (unpaired) electrons. The molecule has 0 bridgehead atoms. The smallest absolute Gasteiger partial charge is 0.221 e. The van der Waals surface area contributed by atoms with Crippen LogP contribution in [0, 0.1) is 0 Å². The van der Waals surface area contributed by atoms with Gasteiger partial charge in [0, 0.05) is 42.2 Å². The van der Waals surface area contributed by atoms with Gasteiger partial charge in [-0.05, 0) is 43.2 Å². The van der Waals surface area contributed by atoms with Gasteiger partial charge in [0.15, 0.2) is 5.78 Å². The third-order valence-corrected chi connectivity index (χ3v) is 3.58. The van der Waals surface area contributed by atoms with E-state index in [1.165, 1.54) is 6.92 Å². The first-order chi connectivity index (χ1) is 9.65. The molecule has 1 aromatic heterocycles. The van der Waals surface area contributed by atoms with Crippen molar-refractivity contribution < 1.29 is 9.59 Å². The van der Waals surface area contributed by atoms with E-state index in [1.807, 2.05) is 36.5 Å². The maximum absolute atomic E-state index is 11.8. The molecule has 20 heavy (non-hydrogen) atoms. The summed E-state index contributed by atoms with van der Waals surface area (Å²) in [5.41, 5.74) is 3.73. The number of Topliss-reactive ketones (excluding diaryl/α,β-unsaturated/α-hetero) is 1. The maximum Gasteiger partial charge on any atom is 0.221 e. The molecule has 0 spiro atoms. The fourth-order valence-corrected chi connectivity index (χ4v) is 2.68. The summed E-state index contributed by atoms with van der Waals surface area (Å²) in [6.07, 6.45) is 4.45. The molecule has 0 unspecified atom stereocenters. The van der Waals surface area contributed by atoms with Crippen LogP contribution in [0.3, 0.4) is 0 Å². The molecule has 0 fully saturated rings. The molecule has 1 aliphatic rings. The highest BCUT2D eigenvalue weighted by Gasteiger charge is 2.20. The minimum atomic E-state index is -0.0818. The van der Waals surface area contributed by atoms with E-state index in [1.54, 1.807) is 0 Å². The highest BCUT2D eigenvalue weighted by molar-refractivity contribution is 5.98. The van der Waals surface area contributed by atoms with Crippen LogP contribution in [-0.4, -0.2) is 16.3 Å². The Kier molecular flexibility index (Phi) is 3.14. The van der Waals surface area contributed by atoms with Crippen LogP contribution in [0.15, 0.2) is 36.5 Å². The molecule has 0 aliphatic heterocycles. The zero-order valence-electron chi connectivity index (χ0n) is 11.3. The Bertz CT molecular complexity index is 668. The van der Waals surface area contributed by atoms with E-state index in [9.17, 15) is 9.59 Å². The number of nitrogens with one attached hydrogen (secondary N) is 1. The Morgan fingerprint density at radius 1 is 1.15 bits per heavy atom. The number of carbonyl (C=O) groups excluding carboxylic acids is 2. The van der Waals surface area contributed by atoms with Crippen molar-refractivity contribution in [2.24, 2.45) is 0 Å². The Balaban J connectivity index is 1.94. The first-order valence-electron chi connectivity index (χ1n) is 6.76. The number of ketones is 1. The number of hydrogen-bond acceptors (Lipinski definition) is 2. The summed E-state index contributed by atoms with van der Waals surface area (Å²) in [6.45, 7) is 1.49. The lowest BCUT2D eigenvalue weighted by Crippen LogP contribution is -2.12. The largest absolute Gasteiger partial charge is 0.326 e. The zero-order valence-corrected chi connectivity index (χ0v) is 11.3. The number of hydrogen-bond donors (Lipinski definition) is 1. The molecule has 1 heterocycles. The Labute approximate surface area is 117 Å². The minimum absolute atomic E-state index is 0.0818. The Morgan fingerprint density at radius 2 is 1.90 bits per heavy atom. The van der Waals surface area contributed by atoms with Crippen molar-refractivity contribution in [1.29, 1.82) is 0 Å². The van der Waals surface area contributed by atoms with Gasteiger partial charge in [0.2, 0.25) is 5.91 Å². The Morgan fingerprint density at radius 3 is 2.60 bits per heavy atom. The van der Waals surface area contributed by atoms with Crippen LogP contribution >= 0.6 is 0 Å². The molecule has 102 valence electrons. The van der Waals surface area contributed by atoms with Crippen LogP contribution in [0.2, 0.25) is 0 Å². The highest BCUT2D eigenvalue weighted by atomic mass is 16.1. The van der Waals surface area contributed by atoms with E-state index in [-0.39, 0.29) is 11.7 Å². The van der Waals surface area contributed by atoms with Crippen molar-refractivity contribution in [2.45, 2.75) is 26.2 Å². The number of rotatable bonds is 2. The molecule has 1 aromatic carbocycles. The number of aromatic nitrogens is 1. The highest BCUT2D eigenvalue weighted by Crippen LogP contribution is 2.25. The second-order valence-electron chi connectivity index (χ2n) is 5.05. The van der Waals surface area contributed by atoms with Gasteiger partial charge in [-0.1, -0.05) is 0 Å². The van der Waals surface area contributed by atoms with Crippen molar-refractivity contribution >= 4 is 17.4 Å². The average molecular weight is 268 g/mol. The van der Waals surface area contributed by atoms with Crippen LogP contribution in [0.1, 0.15) is 35.8 Å². The van der Waals surface area contributed by atoms with E-state index in [4.69, 9.17) is 0 Å². The predicted octanol–water partition coefficient (Wildman–Crippen LogP) is 2.95. The van der Waals surface area contributed by atoms with E-state index >= 15 is 0 Å². The third-order valence-electron chi connectivity index (χ3n) is 3.58. The van der Waals surface area contributed by atoms with Gasteiger partial charge in [-0.2, -0.15) is 0 Å². The fraction of sp³-hybridized carbons (Fsp3) is 0.250. The predicted molar refractivity (Wildman–Crippen MR) is 77.3 cm³/mol. The summed E-state index contributed by atoms with van der Waals surface area (Å²) in [6, 6.07) is 9.54. The molecule has 4 nitrogen and oxygen atoms in total. The lowest BCUT2D eigenvalue weighted by molar-refractivity contribution is -0.114. The van der Waals surface area contributed by atoms with Gasteiger partial charge in [0.25, 0.3) is 0 Å². The summed E-state index contributed by atoms with van der Waals surface area (Å²) in [5, 5.41) is 2.74. The van der Waals surface area contributed by atoms with Crippen LogP contribution in [0.5, 0.6) is 0 Å². The molecular weight excluding hydrogens is 252 g/mol.